The third-order valence-corrected chi connectivity index (χ3v) is 8.86. The summed E-state index contributed by atoms with van der Waals surface area (Å²) in [6.45, 7) is 13.2. The molecule has 0 saturated carbocycles. The Morgan fingerprint density at radius 1 is 0.688 bits per heavy atom. The van der Waals surface area contributed by atoms with Crippen LogP contribution in [0.25, 0.3) is 61.6 Å². The Morgan fingerprint density at radius 3 is 2.08 bits per heavy atom. The smallest absolute Gasteiger partial charge is 0.148 e. The molecule has 5 aromatic carbocycles. The average molecular weight is 808 g/mol. The van der Waals surface area contributed by atoms with E-state index in [9.17, 15) is 5.11 Å². The Labute approximate surface area is 297 Å². The van der Waals surface area contributed by atoms with Gasteiger partial charge in [-0.1, -0.05) is 104 Å². The zero-order valence-corrected chi connectivity index (χ0v) is 30.3. The minimum absolute atomic E-state index is 0. The van der Waals surface area contributed by atoms with Crippen molar-refractivity contribution in [3.05, 3.63) is 144 Å². The molecule has 7 rings (SSSR count). The number of hydrogen-bond donors (Lipinski definition) is 1. The van der Waals surface area contributed by atoms with Crippen LogP contribution < -0.4 is 0 Å². The zero-order valence-electron chi connectivity index (χ0n) is 28.1. The van der Waals surface area contributed by atoms with Gasteiger partial charge in [0.1, 0.15) is 11.6 Å². The first-order valence-corrected chi connectivity index (χ1v) is 16.1. The van der Waals surface area contributed by atoms with E-state index in [1.54, 1.807) is 6.07 Å². The van der Waals surface area contributed by atoms with E-state index in [0.29, 0.717) is 11.4 Å². The van der Waals surface area contributed by atoms with Crippen molar-refractivity contribution >= 4 is 11.0 Å². The van der Waals surface area contributed by atoms with Gasteiger partial charge in [-0.25, -0.2) is 4.98 Å². The van der Waals surface area contributed by atoms with Gasteiger partial charge in [0.2, 0.25) is 0 Å². The van der Waals surface area contributed by atoms with Gasteiger partial charge < -0.3 is 5.11 Å². The van der Waals surface area contributed by atoms with Gasteiger partial charge in [-0.2, -0.15) is 0 Å². The number of pyridine rings is 1. The summed E-state index contributed by atoms with van der Waals surface area (Å²) in [6.07, 6.45) is 1.81. The molecular formula is C43H38N3OPt-. The second kappa shape index (κ2) is 13.0. The minimum Gasteiger partial charge on any atom is -0.507 e. The summed E-state index contributed by atoms with van der Waals surface area (Å²) in [7, 11) is 0. The van der Waals surface area contributed by atoms with Crippen LogP contribution in [-0.2, 0) is 26.5 Å². The number of nitrogens with zero attached hydrogens (tertiary/aromatic N) is 3. The van der Waals surface area contributed by atoms with Gasteiger partial charge in [-0.05, 0) is 78.3 Å². The minimum atomic E-state index is -0.135. The summed E-state index contributed by atoms with van der Waals surface area (Å²) in [4.78, 5) is 10.0. The Bertz CT molecular complexity index is 2240. The maximum atomic E-state index is 11.5. The molecule has 5 heteroatoms. The van der Waals surface area contributed by atoms with E-state index in [2.05, 4.69) is 112 Å². The molecule has 0 aliphatic rings. The van der Waals surface area contributed by atoms with Crippen molar-refractivity contribution in [3.63, 3.8) is 0 Å². The van der Waals surface area contributed by atoms with Crippen LogP contribution in [-0.4, -0.2) is 19.6 Å². The number of aryl methyl sites for hydroxylation is 3. The molecule has 7 aromatic rings. The Morgan fingerprint density at radius 2 is 1.40 bits per heavy atom. The van der Waals surface area contributed by atoms with Crippen molar-refractivity contribution < 1.29 is 26.2 Å². The molecule has 2 heterocycles. The van der Waals surface area contributed by atoms with E-state index in [1.807, 2.05) is 54.7 Å². The predicted octanol–water partition coefficient (Wildman–Crippen LogP) is 10.8. The van der Waals surface area contributed by atoms with Gasteiger partial charge in [-0.15, -0.1) is 29.8 Å². The van der Waals surface area contributed by atoms with E-state index >= 15 is 0 Å². The van der Waals surface area contributed by atoms with Gasteiger partial charge >= 0.3 is 0 Å². The standard InChI is InChI=1S/C43H38N3O.Pt/c1-27-21-28(2)41(29(3)22-27)46-38-26-34(43(4,5)6)25-35(32-15-12-16-33(23-32)37-17-10-11-20-44-37)40(38)45-42(46)36-24-31(18-19-39(36)47)30-13-8-7-9-14-30;/h7-22,24-26,47H,1-6H3;/q-1;. The number of aromatic nitrogens is 3. The largest absolute Gasteiger partial charge is 0.507 e. The predicted molar refractivity (Wildman–Crippen MR) is 194 cm³/mol. The van der Waals surface area contributed by atoms with E-state index in [4.69, 9.17) is 4.98 Å². The Balaban J connectivity index is 0.00000401. The summed E-state index contributed by atoms with van der Waals surface area (Å²) < 4.78 is 2.25. The molecule has 0 atom stereocenters. The Kier molecular flexibility index (Phi) is 8.98. The monoisotopic (exact) mass is 807 g/mol. The van der Waals surface area contributed by atoms with Crippen molar-refractivity contribution in [2.45, 2.75) is 47.0 Å². The number of phenolic OH excluding ortho intramolecular Hbond substituents is 1. The molecule has 0 bridgehead atoms. The molecule has 48 heavy (non-hydrogen) atoms. The summed E-state index contributed by atoms with van der Waals surface area (Å²) in [5, 5.41) is 11.5. The fourth-order valence-corrected chi connectivity index (χ4v) is 6.57. The first kappa shape index (κ1) is 33.1. The van der Waals surface area contributed by atoms with E-state index in [-0.39, 0.29) is 32.2 Å². The molecule has 0 fully saturated rings. The van der Waals surface area contributed by atoms with Gasteiger partial charge in [0.25, 0.3) is 0 Å². The second-order valence-electron chi connectivity index (χ2n) is 13.5. The SMILES string of the molecule is Cc1cc(C)c(-n2c(-c3cc(-c4ccccc4)ccc3O)nc3c(-c4[c-]c(-c5ccccn5)ccc4)cc(C(C)(C)C)cc32)c(C)c1.[Pt]. The molecule has 0 aliphatic heterocycles. The van der Waals surface area contributed by atoms with E-state index < -0.39 is 0 Å². The first-order chi connectivity index (χ1) is 22.6. The summed E-state index contributed by atoms with van der Waals surface area (Å²) in [6, 6.07) is 40.8. The van der Waals surface area contributed by atoms with E-state index in [0.717, 1.165) is 61.4 Å². The third kappa shape index (κ3) is 6.13. The van der Waals surface area contributed by atoms with Crippen LogP contribution >= 0.6 is 0 Å². The summed E-state index contributed by atoms with van der Waals surface area (Å²) in [5.41, 5.74) is 14.0. The number of imidazole rings is 1. The van der Waals surface area contributed by atoms with Gasteiger partial charge in [0.05, 0.1) is 22.3 Å². The maximum Gasteiger partial charge on any atom is 0.148 e. The molecule has 2 aromatic heterocycles. The first-order valence-electron chi connectivity index (χ1n) is 16.1. The molecule has 1 N–H and O–H groups in total. The van der Waals surface area contributed by atoms with Crippen LogP contribution in [0.2, 0.25) is 0 Å². The number of hydrogen-bond acceptors (Lipinski definition) is 3. The van der Waals surface area contributed by atoms with E-state index in [1.165, 1.54) is 11.1 Å². The zero-order chi connectivity index (χ0) is 32.9. The summed E-state index contributed by atoms with van der Waals surface area (Å²) >= 11 is 0. The number of benzene rings is 5. The third-order valence-electron chi connectivity index (χ3n) is 8.86. The van der Waals surface area contributed by atoms with Crippen LogP contribution in [0.3, 0.4) is 0 Å². The van der Waals surface area contributed by atoms with Gasteiger partial charge in [0, 0.05) is 33.0 Å². The van der Waals surface area contributed by atoms with Crippen LogP contribution in [0, 0.1) is 26.8 Å². The number of phenols is 1. The number of fused-ring (bicyclic) bond motifs is 1. The number of rotatable bonds is 5. The average Bonchev–Trinajstić information content (AvgIpc) is 3.43. The van der Waals surface area contributed by atoms with Gasteiger partial charge in [0.15, 0.2) is 0 Å². The molecule has 0 saturated heterocycles. The van der Waals surface area contributed by atoms with Crippen molar-refractivity contribution in [2.75, 3.05) is 0 Å². The fourth-order valence-electron chi connectivity index (χ4n) is 6.57. The maximum absolute atomic E-state index is 11.5. The number of aromatic hydroxyl groups is 1. The quantitative estimate of drug-likeness (QED) is 0.176. The topological polar surface area (TPSA) is 50.9 Å². The molecule has 0 radical (unpaired) electrons. The Hall–Kier alpha value is -4.79. The van der Waals surface area contributed by atoms with Crippen LogP contribution in [0.5, 0.6) is 5.75 Å². The van der Waals surface area contributed by atoms with Gasteiger partial charge in [-0.3, -0.25) is 9.55 Å². The van der Waals surface area contributed by atoms with Crippen LogP contribution in [0.4, 0.5) is 0 Å². The van der Waals surface area contributed by atoms with Crippen molar-refractivity contribution in [1.82, 2.24) is 14.5 Å². The molecule has 0 spiro atoms. The fraction of sp³-hybridized carbons (Fsp3) is 0.163. The molecule has 0 amide bonds. The second-order valence-corrected chi connectivity index (χ2v) is 13.5. The molecule has 0 aliphatic carbocycles. The molecule has 0 unspecified atom stereocenters. The molecule has 242 valence electrons. The normalized spacial score (nSPS) is 11.5. The molecular weight excluding hydrogens is 770 g/mol. The van der Waals surface area contributed by atoms with Crippen molar-refractivity contribution in [2.24, 2.45) is 0 Å². The summed E-state index contributed by atoms with van der Waals surface area (Å²) in [5.74, 6) is 0.878. The van der Waals surface area contributed by atoms with Crippen molar-refractivity contribution in [1.29, 1.82) is 0 Å². The molecule has 4 nitrogen and oxygen atoms in total. The van der Waals surface area contributed by atoms with Crippen LogP contribution in [0.15, 0.2) is 115 Å². The van der Waals surface area contributed by atoms with Crippen LogP contribution in [0.1, 0.15) is 43.0 Å². The van der Waals surface area contributed by atoms with Crippen molar-refractivity contribution in [3.8, 4) is 56.3 Å².